The maximum absolute atomic E-state index is 14.5. The van der Waals surface area contributed by atoms with Gasteiger partial charge in [0.2, 0.25) is 0 Å². The quantitative estimate of drug-likeness (QED) is 0.885. The molecule has 0 bridgehead atoms. The Balaban J connectivity index is 2.67. The van der Waals surface area contributed by atoms with E-state index in [0.717, 1.165) is 16.9 Å². The largest absolute Gasteiger partial charge is 0.389 e. The Morgan fingerprint density at radius 2 is 2.33 bits per heavy atom. The molecule has 0 saturated carbocycles. The summed E-state index contributed by atoms with van der Waals surface area (Å²) in [6.45, 7) is 6.09. The number of nitriles is 1. The van der Waals surface area contributed by atoms with Gasteiger partial charge in [-0.2, -0.15) is 5.26 Å². The summed E-state index contributed by atoms with van der Waals surface area (Å²) in [6, 6.07) is 2.18. The number of hydrogen-bond donors (Lipinski definition) is 1. The number of hydrogen-bond acceptors (Lipinski definition) is 3. The molecular formula is C14H19FN2S. The topological polar surface area (TPSA) is 49.8 Å². The molecule has 1 aromatic heterocycles. The number of aryl methyl sites for hydroxylation is 1. The average molecular weight is 266 g/mol. The monoisotopic (exact) mass is 266 g/mol. The third kappa shape index (κ3) is 1.65. The van der Waals surface area contributed by atoms with Crippen LogP contribution in [0.5, 0.6) is 0 Å². The first-order chi connectivity index (χ1) is 8.46. The zero-order chi connectivity index (χ0) is 13.5. The number of anilines is 1. The van der Waals surface area contributed by atoms with E-state index in [1.165, 1.54) is 11.3 Å². The van der Waals surface area contributed by atoms with Crippen LogP contribution < -0.4 is 5.73 Å². The van der Waals surface area contributed by atoms with Crippen LogP contribution in [-0.4, -0.2) is 6.17 Å². The van der Waals surface area contributed by atoms with E-state index in [-0.39, 0.29) is 5.92 Å². The molecule has 3 unspecified atom stereocenters. The minimum Gasteiger partial charge on any atom is -0.389 e. The van der Waals surface area contributed by atoms with Gasteiger partial charge < -0.3 is 5.73 Å². The van der Waals surface area contributed by atoms with Gasteiger partial charge in [0.1, 0.15) is 17.2 Å². The number of nitrogen functional groups attached to an aromatic ring is 1. The lowest BCUT2D eigenvalue weighted by Crippen LogP contribution is -2.43. The van der Waals surface area contributed by atoms with Crippen LogP contribution in [0.1, 0.15) is 49.6 Å². The molecule has 0 spiro atoms. The second kappa shape index (κ2) is 4.55. The maximum atomic E-state index is 14.5. The van der Waals surface area contributed by atoms with Crippen molar-refractivity contribution in [2.75, 3.05) is 5.73 Å². The molecule has 2 rings (SSSR count). The van der Waals surface area contributed by atoms with Crippen molar-refractivity contribution in [3.05, 3.63) is 16.0 Å². The lowest BCUT2D eigenvalue weighted by molar-refractivity contribution is 0.121. The Bertz CT molecular complexity index is 503. The predicted octanol–water partition coefficient (Wildman–Crippen LogP) is 3.79. The summed E-state index contributed by atoms with van der Waals surface area (Å²) in [5, 5.41) is 9.84. The van der Waals surface area contributed by atoms with E-state index in [9.17, 15) is 9.65 Å². The third-order valence-corrected chi connectivity index (χ3v) is 5.65. The summed E-state index contributed by atoms with van der Waals surface area (Å²) in [7, 11) is 0. The van der Waals surface area contributed by atoms with Gasteiger partial charge in [-0.1, -0.05) is 27.2 Å². The smallest absolute Gasteiger partial charge is 0.110 e. The molecule has 18 heavy (non-hydrogen) atoms. The Morgan fingerprint density at radius 1 is 1.67 bits per heavy atom. The molecule has 0 aromatic carbocycles. The minimum absolute atomic E-state index is 0.202. The SMILES string of the molecule is CCC(C)C1(C)c2c(sc(N)c2C#N)CCC1F. The van der Waals surface area contributed by atoms with Crippen LogP contribution in [0.3, 0.4) is 0 Å². The molecule has 4 heteroatoms. The molecule has 1 aromatic rings. The van der Waals surface area contributed by atoms with Gasteiger partial charge in [-0.05, 0) is 24.3 Å². The molecule has 2 nitrogen and oxygen atoms in total. The number of alkyl halides is 1. The summed E-state index contributed by atoms with van der Waals surface area (Å²) in [6.07, 6.45) is 1.26. The first-order valence-corrected chi connectivity index (χ1v) is 7.24. The fourth-order valence-electron chi connectivity index (χ4n) is 3.05. The van der Waals surface area contributed by atoms with E-state index in [0.29, 0.717) is 23.4 Å². The standard InChI is InChI=1S/C14H19FN2S/c1-4-8(2)14(3)11(15)6-5-10-12(14)9(7-16)13(17)18-10/h8,11H,4-6,17H2,1-3H3. The maximum Gasteiger partial charge on any atom is 0.110 e. The first kappa shape index (κ1) is 13.4. The van der Waals surface area contributed by atoms with Gasteiger partial charge >= 0.3 is 0 Å². The molecular weight excluding hydrogens is 247 g/mol. The Hall–Kier alpha value is -1.08. The van der Waals surface area contributed by atoms with Crippen molar-refractivity contribution in [3.8, 4) is 6.07 Å². The van der Waals surface area contributed by atoms with Crippen molar-refractivity contribution in [3.63, 3.8) is 0 Å². The van der Waals surface area contributed by atoms with Crippen molar-refractivity contribution in [2.24, 2.45) is 5.92 Å². The Kier molecular flexibility index (Phi) is 3.37. The molecule has 98 valence electrons. The van der Waals surface area contributed by atoms with Gasteiger partial charge in [0.25, 0.3) is 0 Å². The highest BCUT2D eigenvalue weighted by atomic mass is 32.1. The number of nitrogens with two attached hydrogens (primary N) is 1. The Labute approximate surface area is 112 Å². The second-order valence-corrected chi connectivity index (χ2v) is 6.49. The first-order valence-electron chi connectivity index (χ1n) is 6.42. The third-order valence-electron chi connectivity index (χ3n) is 4.57. The molecule has 1 aliphatic carbocycles. The second-order valence-electron chi connectivity index (χ2n) is 5.35. The van der Waals surface area contributed by atoms with Crippen molar-refractivity contribution in [2.45, 2.75) is 51.6 Å². The Morgan fingerprint density at radius 3 is 2.89 bits per heavy atom. The molecule has 0 fully saturated rings. The van der Waals surface area contributed by atoms with Crippen LogP contribution in [-0.2, 0) is 11.8 Å². The number of nitrogens with zero attached hydrogens (tertiary/aromatic N) is 1. The van der Waals surface area contributed by atoms with Crippen LogP contribution >= 0.6 is 11.3 Å². The van der Waals surface area contributed by atoms with E-state index in [1.807, 2.05) is 6.92 Å². The van der Waals surface area contributed by atoms with Crippen molar-refractivity contribution >= 4 is 16.3 Å². The number of thiophene rings is 1. The fourth-order valence-corrected chi connectivity index (χ4v) is 4.21. The van der Waals surface area contributed by atoms with Gasteiger partial charge in [0.05, 0.1) is 5.56 Å². The zero-order valence-electron chi connectivity index (χ0n) is 11.1. The molecule has 0 saturated heterocycles. The molecule has 1 heterocycles. The van der Waals surface area contributed by atoms with Crippen LogP contribution in [0.4, 0.5) is 9.39 Å². The van der Waals surface area contributed by atoms with E-state index in [1.54, 1.807) is 0 Å². The molecule has 3 atom stereocenters. The van der Waals surface area contributed by atoms with E-state index in [4.69, 9.17) is 5.73 Å². The van der Waals surface area contributed by atoms with Crippen molar-refractivity contribution in [1.29, 1.82) is 5.26 Å². The molecule has 0 aliphatic heterocycles. The molecule has 0 radical (unpaired) electrons. The molecule has 0 amide bonds. The van der Waals surface area contributed by atoms with Gasteiger partial charge in [-0.3, -0.25) is 0 Å². The lowest BCUT2D eigenvalue weighted by Gasteiger charge is -2.42. The fraction of sp³-hybridized carbons (Fsp3) is 0.643. The highest BCUT2D eigenvalue weighted by Gasteiger charge is 2.47. The van der Waals surface area contributed by atoms with E-state index in [2.05, 4.69) is 19.9 Å². The van der Waals surface area contributed by atoms with Gasteiger partial charge in [0, 0.05) is 10.3 Å². The summed E-state index contributed by atoms with van der Waals surface area (Å²) in [5.41, 5.74) is 6.75. The van der Waals surface area contributed by atoms with Gasteiger partial charge in [-0.25, -0.2) is 4.39 Å². The highest BCUT2D eigenvalue weighted by Crippen LogP contribution is 2.50. The number of rotatable bonds is 2. The van der Waals surface area contributed by atoms with Crippen LogP contribution in [0.15, 0.2) is 0 Å². The zero-order valence-corrected chi connectivity index (χ0v) is 11.9. The normalized spacial score (nSPS) is 28.5. The molecule has 1 aliphatic rings. The van der Waals surface area contributed by atoms with Crippen LogP contribution in [0, 0.1) is 17.2 Å². The van der Waals surface area contributed by atoms with Crippen LogP contribution in [0.25, 0.3) is 0 Å². The summed E-state index contributed by atoms with van der Waals surface area (Å²) in [5.74, 6) is 0.202. The molecule has 2 N–H and O–H groups in total. The van der Waals surface area contributed by atoms with E-state index >= 15 is 0 Å². The summed E-state index contributed by atoms with van der Waals surface area (Å²) < 4.78 is 14.5. The number of halogens is 1. The summed E-state index contributed by atoms with van der Waals surface area (Å²) >= 11 is 1.46. The van der Waals surface area contributed by atoms with Crippen molar-refractivity contribution in [1.82, 2.24) is 0 Å². The lowest BCUT2D eigenvalue weighted by atomic mass is 9.63. The number of fused-ring (bicyclic) bond motifs is 1. The van der Waals surface area contributed by atoms with E-state index < -0.39 is 11.6 Å². The predicted molar refractivity (Wildman–Crippen MR) is 73.5 cm³/mol. The van der Waals surface area contributed by atoms with Gasteiger partial charge in [-0.15, -0.1) is 11.3 Å². The van der Waals surface area contributed by atoms with Gasteiger partial charge in [0.15, 0.2) is 0 Å². The minimum atomic E-state index is -0.888. The highest BCUT2D eigenvalue weighted by molar-refractivity contribution is 7.16. The average Bonchev–Trinajstić information content (AvgIpc) is 2.69. The summed E-state index contributed by atoms with van der Waals surface area (Å²) in [4.78, 5) is 1.11. The van der Waals surface area contributed by atoms with Crippen LogP contribution in [0.2, 0.25) is 0 Å². The van der Waals surface area contributed by atoms with Crippen molar-refractivity contribution < 1.29 is 4.39 Å².